The molecule has 1 saturated heterocycles. The molecule has 4 nitrogen and oxygen atoms in total. The normalized spacial score (nSPS) is 26.0. The number of hydrogen-bond acceptors (Lipinski definition) is 2. The van der Waals surface area contributed by atoms with E-state index in [0.29, 0.717) is 10.0 Å². The molecule has 1 saturated carbocycles. The highest BCUT2D eigenvalue weighted by molar-refractivity contribution is 9.10. The zero-order valence-corrected chi connectivity index (χ0v) is 13.2. The number of hydrogen-bond donors (Lipinski definition) is 1. The second-order valence-electron chi connectivity index (χ2n) is 5.76. The van der Waals surface area contributed by atoms with Gasteiger partial charge < -0.3 is 10.2 Å². The van der Waals surface area contributed by atoms with Crippen molar-refractivity contribution in [2.75, 3.05) is 0 Å². The summed E-state index contributed by atoms with van der Waals surface area (Å²) in [4.78, 5) is 26.2. The predicted octanol–water partition coefficient (Wildman–Crippen LogP) is 2.21. The summed E-state index contributed by atoms with van der Waals surface area (Å²) in [6, 6.07) is 3.60. The van der Waals surface area contributed by atoms with Crippen molar-refractivity contribution in [1.29, 1.82) is 0 Å². The first kappa shape index (κ1) is 14.5. The highest BCUT2D eigenvalue weighted by atomic mass is 79.9. The third kappa shape index (κ3) is 2.95. The SMILES string of the molecule is CC1NC(=O)C(C2CC2)N(Cc2cc(F)cc(Br)c2)C1=O. The van der Waals surface area contributed by atoms with Gasteiger partial charge in [-0.2, -0.15) is 0 Å². The lowest BCUT2D eigenvalue weighted by Crippen LogP contribution is -2.62. The molecule has 112 valence electrons. The molecule has 2 amide bonds. The number of carbonyl (C=O) groups excluding carboxylic acids is 2. The summed E-state index contributed by atoms with van der Waals surface area (Å²) < 4.78 is 14.1. The molecule has 1 aliphatic carbocycles. The Labute approximate surface area is 130 Å². The van der Waals surface area contributed by atoms with Gasteiger partial charge in [0, 0.05) is 11.0 Å². The molecule has 2 aliphatic rings. The molecule has 6 heteroatoms. The third-order valence-electron chi connectivity index (χ3n) is 3.96. The monoisotopic (exact) mass is 354 g/mol. The first-order valence-corrected chi connectivity index (χ1v) is 7.81. The maximum Gasteiger partial charge on any atom is 0.245 e. The molecule has 0 aromatic heterocycles. The summed E-state index contributed by atoms with van der Waals surface area (Å²) in [5.41, 5.74) is 0.683. The van der Waals surface area contributed by atoms with Crippen molar-refractivity contribution in [2.45, 2.75) is 38.4 Å². The number of nitrogens with one attached hydrogen (secondary N) is 1. The van der Waals surface area contributed by atoms with Crippen molar-refractivity contribution in [1.82, 2.24) is 10.2 Å². The van der Waals surface area contributed by atoms with Gasteiger partial charge in [-0.15, -0.1) is 0 Å². The molecular weight excluding hydrogens is 339 g/mol. The zero-order valence-electron chi connectivity index (χ0n) is 11.6. The molecule has 1 aliphatic heterocycles. The topological polar surface area (TPSA) is 49.4 Å². The van der Waals surface area contributed by atoms with E-state index in [9.17, 15) is 14.0 Å². The summed E-state index contributed by atoms with van der Waals surface area (Å²) >= 11 is 3.25. The van der Waals surface area contributed by atoms with Gasteiger partial charge in [-0.1, -0.05) is 15.9 Å². The summed E-state index contributed by atoms with van der Waals surface area (Å²) in [5, 5.41) is 2.73. The third-order valence-corrected chi connectivity index (χ3v) is 4.42. The van der Waals surface area contributed by atoms with Crippen molar-refractivity contribution < 1.29 is 14.0 Å². The Morgan fingerprint density at radius 3 is 2.67 bits per heavy atom. The van der Waals surface area contributed by atoms with E-state index < -0.39 is 12.1 Å². The van der Waals surface area contributed by atoms with Gasteiger partial charge in [-0.3, -0.25) is 9.59 Å². The van der Waals surface area contributed by atoms with Gasteiger partial charge in [0.2, 0.25) is 11.8 Å². The Bertz CT molecular complexity index is 583. The van der Waals surface area contributed by atoms with Gasteiger partial charge in [-0.25, -0.2) is 4.39 Å². The molecule has 3 rings (SSSR count). The Morgan fingerprint density at radius 1 is 1.33 bits per heavy atom. The second kappa shape index (κ2) is 5.40. The first-order valence-electron chi connectivity index (χ1n) is 7.01. The Balaban J connectivity index is 1.88. The molecule has 0 spiro atoms. The number of rotatable bonds is 3. The van der Waals surface area contributed by atoms with E-state index in [4.69, 9.17) is 0 Å². The second-order valence-corrected chi connectivity index (χ2v) is 6.67. The average Bonchev–Trinajstić information content (AvgIpc) is 3.19. The van der Waals surface area contributed by atoms with E-state index >= 15 is 0 Å². The van der Waals surface area contributed by atoms with Crippen LogP contribution in [0, 0.1) is 11.7 Å². The van der Waals surface area contributed by atoms with Crippen molar-refractivity contribution in [3.63, 3.8) is 0 Å². The molecule has 2 unspecified atom stereocenters. The van der Waals surface area contributed by atoms with E-state index in [1.165, 1.54) is 12.1 Å². The van der Waals surface area contributed by atoms with E-state index in [1.807, 2.05) is 0 Å². The fourth-order valence-corrected chi connectivity index (χ4v) is 3.36. The number of carbonyl (C=O) groups is 2. The number of benzene rings is 1. The van der Waals surface area contributed by atoms with Crippen LogP contribution in [0.4, 0.5) is 4.39 Å². The van der Waals surface area contributed by atoms with Crippen molar-refractivity contribution in [3.05, 3.63) is 34.1 Å². The lowest BCUT2D eigenvalue weighted by atomic mass is 10.0. The maximum absolute atomic E-state index is 13.5. The van der Waals surface area contributed by atoms with Crippen LogP contribution < -0.4 is 5.32 Å². The largest absolute Gasteiger partial charge is 0.343 e. The molecular formula is C15H16BrFN2O2. The van der Waals surface area contributed by atoms with Gasteiger partial charge in [0.1, 0.15) is 17.9 Å². The van der Waals surface area contributed by atoms with Crippen LogP contribution in [0.2, 0.25) is 0 Å². The van der Waals surface area contributed by atoms with E-state index in [1.54, 1.807) is 17.9 Å². The smallest absolute Gasteiger partial charge is 0.245 e. The minimum Gasteiger partial charge on any atom is -0.343 e. The fraction of sp³-hybridized carbons (Fsp3) is 0.467. The van der Waals surface area contributed by atoms with E-state index in [0.717, 1.165) is 12.8 Å². The lowest BCUT2D eigenvalue weighted by molar-refractivity contribution is -0.150. The van der Waals surface area contributed by atoms with Crippen molar-refractivity contribution >= 4 is 27.7 Å². The van der Waals surface area contributed by atoms with Crippen LogP contribution in [0.3, 0.4) is 0 Å². The minimum absolute atomic E-state index is 0.0972. The van der Waals surface area contributed by atoms with Gasteiger partial charge >= 0.3 is 0 Å². The molecule has 1 aromatic rings. The highest BCUT2D eigenvalue weighted by Gasteiger charge is 2.46. The molecule has 1 N–H and O–H groups in total. The molecule has 0 radical (unpaired) electrons. The minimum atomic E-state index is -0.524. The quantitative estimate of drug-likeness (QED) is 0.904. The van der Waals surface area contributed by atoms with E-state index in [-0.39, 0.29) is 30.1 Å². The van der Waals surface area contributed by atoms with Gasteiger partial charge in [-0.05, 0) is 49.4 Å². The van der Waals surface area contributed by atoms with Crippen LogP contribution >= 0.6 is 15.9 Å². The van der Waals surface area contributed by atoms with Crippen LogP contribution in [0.5, 0.6) is 0 Å². The summed E-state index contributed by atoms with van der Waals surface area (Å²) in [6.45, 7) is 1.94. The zero-order chi connectivity index (χ0) is 15.1. The number of nitrogens with zero attached hydrogens (tertiary/aromatic N) is 1. The Kier molecular flexibility index (Phi) is 3.73. The van der Waals surface area contributed by atoms with Crippen LogP contribution in [-0.2, 0) is 16.1 Å². The average molecular weight is 355 g/mol. The van der Waals surface area contributed by atoms with Gasteiger partial charge in [0.15, 0.2) is 0 Å². The highest BCUT2D eigenvalue weighted by Crippen LogP contribution is 2.37. The van der Waals surface area contributed by atoms with Crippen LogP contribution in [0.25, 0.3) is 0 Å². The van der Waals surface area contributed by atoms with Gasteiger partial charge in [0.25, 0.3) is 0 Å². The molecule has 1 heterocycles. The van der Waals surface area contributed by atoms with E-state index in [2.05, 4.69) is 21.2 Å². The lowest BCUT2D eigenvalue weighted by Gasteiger charge is -2.38. The number of piperazine rings is 1. The molecule has 21 heavy (non-hydrogen) atoms. The summed E-state index contributed by atoms with van der Waals surface area (Å²) in [5.74, 6) is -0.324. The van der Waals surface area contributed by atoms with Gasteiger partial charge in [0.05, 0.1) is 0 Å². The first-order chi connectivity index (χ1) is 9.95. The van der Waals surface area contributed by atoms with Crippen LogP contribution in [0.1, 0.15) is 25.3 Å². The Morgan fingerprint density at radius 2 is 2.05 bits per heavy atom. The molecule has 0 bridgehead atoms. The molecule has 1 aromatic carbocycles. The summed E-state index contributed by atoms with van der Waals surface area (Å²) in [7, 11) is 0. The van der Waals surface area contributed by atoms with Crippen molar-refractivity contribution in [3.8, 4) is 0 Å². The molecule has 2 atom stereocenters. The standard InChI is InChI=1S/C15H16BrFN2O2/c1-8-15(21)19(13(10-2-3-10)14(20)18-8)7-9-4-11(16)6-12(17)5-9/h4-6,8,10,13H,2-3,7H2,1H3,(H,18,20). The predicted molar refractivity (Wildman–Crippen MR) is 78.8 cm³/mol. The summed E-state index contributed by atoms with van der Waals surface area (Å²) in [6.07, 6.45) is 1.92. The maximum atomic E-state index is 13.5. The number of amides is 2. The van der Waals surface area contributed by atoms with Crippen molar-refractivity contribution in [2.24, 2.45) is 5.92 Å². The molecule has 2 fully saturated rings. The number of halogens is 2. The Hall–Kier alpha value is -1.43. The van der Waals surface area contributed by atoms with Crippen LogP contribution in [0.15, 0.2) is 22.7 Å². The van der Waals surface area contributed by atoms with Crippen LogP contribution in [-0.4, -0.2) is 28.8 Å². The fourth-order valence-electron chi connectivity index (χ4n) is 2.84.